The molecule has 0 spiro atoms. The number of nitrogens with one attached hydrogen (secondary N) is 1. The summed E-state index contributed by atoms with van der Waals surface area (Å²) in [5, 5.41) is 0. The second-order valence-corrected chi connectivity index (χ2v) is 6.19. The van der Waals surface area contributed by atoms with E-state index in [0.717, 1.165) is 0 Å². The maximum atomic E-state index is 12.0. The van der Waals surface area contributed by atoms with Crippen LogP contribution < -0.4 is 14.2 Å². The highest BCUT2D eigenvalue weighted by atomic mass is 32.2. The van der Waals surface area contributed by atoms with Gasteiger partial charge in [-0.05, 0) is 12.1 Å². The van der Waals surface area contributed by atoms with E-state index in [-0.39, 0.29) is 12.6 Å². The van der Waals surface area contributed by atoms with E-state index >= 15 is 0 Å². The average Bonchev–Trinajstić information content (AvgIpc) is 2.46. The number of para-hydroxylation sites is 2. The number of hydrogen-bond donors (Lipinski definition) is 1. The minimum atomic E-state index is -3.45. The van der Waals surface area contributed by atoms with E-state index in [4.69, 9.17) is 9.47 Å². The van der Waals surface area contributed by atoms with Gasteiger partial charge in [-0.15, -0.1) is 0 Å². The summed E-state index contributed by atoms with van der Waals surface area (Å²) in [6.07, 6.45) is -0.324. The van der Waals surface area contributed by atoms with Crippen LogP contribution in [0, 0.1) is 0 Å². The highest BCUT2D eigenvalue weighted by Crippen LogP contribution is 2.30. The summed E-state index contributed by atoms with van der Waals surface area (Å²) in [7, 11) is -3.45. The lowest BCUT2D eigenvalue weighted by Crippen LogP contribution is -2.46. The van der Waals surface area contributed by atoms with Gasteiger partial charge in [-0.25, -0.2) is 0 Å². The van der Waals surface area contributed by atoms with Crippen LogP contribution in [0.15, 0.2) is 24.3 Å². The first-order valence-corrected chi connectivity index (χ1v) is 8.14. The van der Waals surface area contributed by atoms with Crippen molar-refractivity contribution in [3.8, 4) is 11.5 Å². The Labute approximate surface area is 119 Å². The van der Waals surface area contributed by atoms with E-state index in [9.17, 15) is 8.42 Å². The van der Waals surface area contributed by atoms with Gasteiger partial charge in [0.2, 0.25) is 0 Å². The third-order valence-corrected chi connectivity index (χ3v) is 4.83. The minimum absolute atomic E-state index is 0.188. The van der Waals surface area contributed by atoms with E-state index < -0.39 is 10.2 Å². The lowest BCUT2D eigenvalue weighted by molar-refractivity contribution is 0.0940. The fourth-order valence-corrected chi connectivity index (χ4v) is 3.28. The van der Waals surface area contributed by atoms with E-state index in [1.807, 2.05) is 18.2 Å². The molecule has 2 rings (SSSR count). The molecular formula is C13H20N2O4S. The van der Waals surface area contributed by atoms with E-state index in [1.54, 1.807) is 19.9 Å². The molecule has 1 aliphatic heterocycles. The van der Waals surface area contributed by atoms with Crippen LogP contribution in [-0.4, -0.2) is 45.1 Å². The first-order chi connectivity index (χ1) is 9.56. The predicted octanol–water partition coefficient (Wildman–Crippen LogP) is 1.00. The summed E-state index contributed by atoms with van der Waals surface area (Å²) in [6, 6.07) is 7.35. The van der Waals surface area contributed by atoms with Crippen molar-refractivity contribution < 1.29 is 17.9 Å². The summed E-state index contributed by atoms with van der Waals surface area (Å²) in [5.74, 6) is 1.33. The van der Waals surface area contributed by atoms with Crippen LogP contribution in [0.2, 0.25) is 0 Å². The van der Waals surface area contributed by atoms with Gasteiger partial charge in [-0.2, -0.15) is 17.4 Å². The minimum Gasteiger partial charge on any atom is -0.486 e. The van der Waals surface area contributed by atoms with Crippen molar-refractivity contribution in [2.75, 3.05) is 26.2 Å². The Morgan fingerprint density at radius 1 is 1.25 bits per heavy atom. The SMILES string of the molecule is CCN(CC)S(=O)(=O)NC[C@H]1COc2ccccc2O1. The maximum Gasteiger partial charge on any atom is 0.279 e. The van der Waals surface area contributed by atoms with E-state index in [2.05, 4.69) is 4.72 Å². The molecule has 0 unspecified atom stereocenters. The molecule has 0 radical (unpaired) electrons. The Hall–Kier alpha value is -1.31. The largest absolute Gasteiger partial charge is 0.486 e. The lowest BCUT2D eigenvalue weighted by atomic mass is 10.2. The standard InChI is InChI=1S/C13H20N2O4S/c1-3-15(4-2)20(16,17)14-9-11-10-18-12-7-5-6-8-13(12)19-11/h5-8,11,14H,3-4,9-10H2,1-2H3/t11-/m0/s1. The van der Waals surface area contributed by atoms with Crippen LogP contribution in [0.1, 0.15) is 13.8 Å². The van der Waals surface area contributed by atoms with Crippen LogP contribution in [0.4, 0.5) is 0 Å². The number of ether oxygens (including phenoxy) is 2. The van der Waals surface area contributed by atoms with Gasteiger partial charge in [-0.1, -0.05) is 26.0 Å². The summed E-state index contributed by atoms with van der Waals surface area (Å²) < 4.78 is 39.2. The topological polar surface area (TPSA) is 67.9 Å². The van der Waals surface area contributed by atoms with Crippen LogP contribution in [0.25, 0.3) is 0 Å². The van der Waals surface area contributed by atoms with E-state index in [0.29, 0.717) is 31.2 Å². The van der Waals surface area contributed by atoms with Crippen molar-refractivity contribution in [2.45, 2.75) is 20.0 Å². The second kappa shape index (κ2) is 6.43. The van der Waals surface area contributed by atoms with Gasteiger partial charge in [0.1, 0.15) is 12.7 Å². The van der Waals surface area contributed by atoms with Crippen molar-refractivity contribution in [1.29, 1.82) is 0 Å². The molecule has 1 aromatic carbocycles. The van der Waals surface area contributed by atoms with Crippen molar-refractivity contribution in [3.63, 3.8) is 0 Å². The normalized spacial score (nSPS) is 18.2. The highest BCUT2D eigenvalue weighted by Gasteiger charge is 2.24. The Morgan fingerprint density at radius 2 is 1.90 bits per heavy atom. The molecule has 0 saturated carbocycles. The summed E-state index contributed by atoms with van der Waals surface area (Å²) in [4.78, 5) is 0. The third-order valence-electron chi connectivity index (χ3n) is 3.11. The van der Waals surface area contributed by atoms with Gasteiger partial charge in [0.15, 0.2) is 11.5 Å². The Morgan fingerprint density at radius 3 is 2.55 bits per heavy atom. The van der Waals surface area contributed by atoms with Gasteiger partial charge in [-0.3, -0.25) is 0 Å². The molecule has 7 heteroatoms. The number of nitrogens with zero attached hydrogens (tertiary/aromatic N) is 1. The number of rotatable bonds is 6. The van der Waals surface area contributed by atoms with Crippen LogP contribution in [-0.2, 0) is 10.2 Å². The van der Waals surface area contributed by atoms with E-state index in [1.165, 1.54) is 4.31 Å². The molecular weight excluding hydrogens is 280 g/mol. The quantitative estimate of drug-likeness (QED) is 0.851. The van der Waals surface area contributed by atoms with Crippen molar-refractivity contribution >= 4 is 10.2 Å². The fraction of sp³-hybridized carbons (Fsp3) is 0.538. The Kier molecular flexibility index (Phi) is 4.85. The monoisotopic (exact) mass is 300 g/mol. The molecule has 6 nitrogen and oxygen atoms in total. The molecule has 0 aromatic heterocycles. The zero-order valence-electron chi connectivity index (χ0n) is 11.7. The Balaban J connectivity index is 1.93. The van der Waals surface area contributed by atoms with Crippen molar-refractivity contribution in [3.05, 3.63) is 24.3 Å². The zero-order chi connectivity index (χ0) is 14.6. The number of hydrogen-bond acceptors (Lipinski definition) is 4. The number of benzene rings is 1. The first kappa shape index (κ1) is 15.1. The zero-order valence-corrected chi connectivity index (χ0v) is 12.5. The van der Waals surface area contributed by atoms with Gasteiger partial charge in [0.25, 0.3) is 10.2 Å². The third kappa shape index (κ3) is 3.41. The summed E-state index contributed by atoms with van der Waals surface area (Å²) in [5.41, 5.74) is 0. The van der Waals surface area contributed by atoms with Crippen molar-refractivity contribution in [2.24, 2.45) is 0 Å². The first-order valence-electron chi connectivity index (χ1n) is 6.70. The van der Waals surface area contributed by atoms with Crippen LogP contribution >= 0.6 is 0 Å². The molecule has 1 N–H and O–H groups in total. The predicted molar refractivity (Wildman–Crippen MR) is 76.2 cm³/mol. The van der Waals surface area contributed by atoms with Crippen LogP contribution in [0.5, 0.6) is 11.5 Å². The molecule has 1 aliphatic rings. The molecule has 0 bridgehead atoms. The highest BCUT2D eigenvalue weighted by molar-refractivity contribution is 7.87. The average molecular weight is 300 g/mol. The molecule has 0 aliphatic carbocycles. The fourth-order valence-electron chi connectivity index (χ4n) is 2.02. The summed E-state index contributed by atoms with van der Waals surface area (Å²) >= 11 is 0. The molecule has 112 valence electrons. The molecule has 1 atom stereocenters. The lowest BCUT2D eigenvalue weighted by Gasteiger charge is -2.27. The molecule has 20 heavy (non-hydrogen) atoms. The molecule has 0 amide bonds. The molecule has 0 fully saturated rings. The summed E-state index contributed by atoms with van der Waals surface area (Å²) in [6.45, 7) is 5.01. The second-order valence-electron chi connectivity index (χ2n) is 4.44. The van der Waals surface area contributed by atoms with Crippen LogP contribution in [0.3, 0.4) is 0 Å². The molecule has 1 aromatic rings. The van der Waals surface area contributed by atoms with Gasteiger partial charge >= 0.3 is 0 Å². The number of fused-ring (bicyclic) bond motifs is 1. The van der Waals surface area contributed by atoms with Gasteiger partial charge in [0.05, 0.1) is 6.54 Å². The van der Waals surface area contributed by atoms with Gasteiger partial charge in [0, 0.05) is 13.1 Å². The van der Waals surface area contributed by atoms with Crippen molar-refractivity contribution in [1.82, 2.24) is 9.03 Å². The smallest absolute Gasteiger partial charge is 0.279 e. The maximum absolute atomic E-state index is 12.0. The Bertz CT molecular complexity index is 543. The van der Waals surface area contributed by atoms with Gasteiger partial charge < -0.3 is 9.47 Å². The molecule has 1 heterocycles. The molecule has 0 saturated heterocycles.